The molecule has 0 radical (unpaired) electrons. The number of nitrogen functional groups attached to an aromatic ring is 1. The number of hydrogen-bond donors (Lipinski definition) is 1. The highest BCUT2D eigenvalue weighted by atomic mass is 16.6. The summed E-state index contributed by atoms with van der Waals surface area (Å²) in [5, 5.41) is 0. The first-order valence-electron chi connectivity index (χ1n) is 6.00. The monoisotopic (exact) mass is 249 g/mol. The number of carbonyl (C=O) groups excluding carboxylic acids is 1. The Morgan fingerprint density at radius 3 is 2.61 bits per heavy atom. The third kappa shape index (κ3) is 6.06. The molecule has 4 nitrogen and oxygen atoms in total. The zero-order valence-electron chi connectivity index (χ0n) is 10.6. The minimum absolute atomic E-state index is 0.283. The molecule has 0 atom stereocenters. The summed E-state index contributed by atoms with van der Waals surface area (Å²) in [6.07, 6.45) is 4.05. The zero-order chi connectivity index (χ0) is 13.2. The number of hydrogen-bond acceptors (Lipinski definition) is 4. The molecule has 0 spiro atoms. The number of esters is 1. The number of carbonyl (C=O) groups is 1. The molecule has 4 heteroatoms. The Labute approximate surface area is 107 Å². The van der Waals surface area contributed by atoms with Crippen LogP contribution in [0.4, 0.5) is 5.69 Å². The Kier molecular flexibility index (Phi) is 6.58. The maximum Gasteiger partial charge on any atom is 0.330 e. The Hall–Kier alpha value is -1.81. The summed E-state index contributed by atoms with van der Waals surface area (Å²) in [5.74, 6) is -0.369. The van der Waals surface area contributed by atoms with Gasteiger partial charge in [0.05, 0.1) is 6.61 Å². The van der Waals surface area contributed by atoms with Crippen molar-refractivity contribution in [1.29, 1.82) is 0 Å². The molecule has 0 saturated heterocycles. The molecule has 0 aliphatic heterocycles. The van der Waals surface area contributed by atoms with E-state index in [4.69, 9.17) is 15.2 Å². The summed E-state index contributed by atoms with van der Waals surface area (Å²) in [5.41, 5.74) is 7.16. The molecule has 0 fully saturated rings. The maximum atomic E-state index is 11.3. The van der Waals surface area contributed by atoms with Crippen molar-refractivity contribution in [2.45, 2.75) is 13.3 Å². The lowest BCUT2D eigenvalue weighted by atomic mass is 10.2. The Morgan fingerprint density at radius 2 is 1.94 bits per heavy atom. The van der Waals surface area contributed by atoms with Gasteiger partial charge in [0.15, 0.2) is 0 Å². The molecule has 98 valence electrons. The first kappa shape index (κ1) is 14.3. The van der Waals surface area contributed by atoms with Crippen molar-refractivity contribution in [3.8, 4) is 0 Å². The van der Waals surface area contributed by atoms with E-state index in [2.05, 4.69) is 0 Å². The van der Waals surface area contributed by atoms with E-state index < -0.39 is 0 Å². The van der Waals surface area contributed by atoms with Crippen molar-refractivity contribution in [2.75, 3.05) is 25.6 Å². The van der Waals surface area contributed by atoms with Gasteiger partial charge in [-0.2, -0.15) is 0 Å². The van der Waals surface area contributed by atoms with Crippen molar-refractivity contribution in [3.05, 3.63) is 35.9 Å². The molecule has 0 amide bonds. The summed E-state index contributed by atoms with van der Waals surface area (Å²) in [6.45, 7) is 3.44. The van der Waals surface area contributed by atoms with E-state index in [1.54, 1.807) is 18.2 Å². The average molecular weight is 249 g/mol. The van der Waals surface area contributed by atoms with Crippen LogP contribution in [0.3, 0.4) is 0 Å². The standard InChI is InChI=1S/C14H19NO3/c1-2-9-17-10-11-18-14(16)8-5-12-3-6-13(15)7-4-12/h3-8H,2,9-11,15H2,1H3/b8-5+. The number of nitrogens with two attached hydrogens (primary N) is 1. The molecular formula is C14H19NO3. The van der Waals surface area contributed by atoms with E-state index in [1.807, 2.05) is 19.1 Å². The number of rotatable bonds is 7. The Bertz CT molecular complexity index is 385. The van der Waals surface area contributed by atoms with Crippen LogP contribution in [0.25, 0.3) is 6.08 Å². The number of ether oxygens (including phenoxy) is 2. The van der Waals surface area contributed by atoms with Gasteiger partial charge < -0.3 is 15.2 Å². The first-order chi connectivity index (χ1) is 8.72. The fourth-order valence-corrected chi connectivity index (χ4v) is 1.27. The van der Waals surface area contributed by atoms with Crippen molar-refractivity contribution < 1.29 is 14.3 Å². The van der Waals surface area contributed by atoms with Crippen LogP contribution in [0.2, 0.25) is 0 Å². The predicted molar refractivity (Wildman–Crippen MR) is 72.0 cm³/mol. The van der Waals surface area contributed by atoms with E-state index in [0.717, 1.165) is 12.0 Å². The highest BCUT2D eigenvalue weighted by molar-refractivity contribution is 5.87. The normalized spacial score (nSPS) is 10.7. The van der Waals surface area contributed by atoms with E-state index >= 15 is 0 Å². The van der Waals surface area contributed by atoms with Crippen LogP contribution in [0.5, 0.6) is 0 Å². The van der Waals surface area contributed by atoms with Gasteiger partial charge in [0.25, 0.3) is 0 Å². The molecular weight excluding hydrogens is 230 g/mol. The van der Waals surface area contributed by atoms with Crippen LogP contribution >= 0.6 is 0 Å². The second kappa shape index (κ2) is 8.31. The van der Waals surface area contributed by atoms with Gasteiger partial charge in [-0.05, 0) is 30.2 Å². The number of anilines is 1. The SMILES string of the molecule is CCCOCCOC(=O)/C=C/c1ccc(N)cc1. The van der Waals surface area contributed by atoms with Crippen LogP contribution < -0.4 is 5.73 Å². The van der Waals surface area contributed by atoms with Gasteiger partial charge in [0.1, 0.15) is 6.61 Å². The quantitative estimate of drug-likeness (QED) is 0.348. The van der Waals surface area contributed by atoms with Gasteiger partial charge >= 0.3 is 5.97 Å². The summed E-state index contributed by atoms with van der Waals surface area (Å²) < 4.78 is 10.2. The topological polar surface area (TPSA) is 61.5 Å². The molecule has 2 N–H and O–H groups in total. The van der Waals surface area contributed by atoms with E-state index in [0.29, 0.717) is 18.9 Å². The molecule has 1 rings (SSSR count). The summed E-state index contributed by atoms with van der Waals surface area (Å²) in [6, 6.07) is 7.24. The second-order valence-electron chi connectivity index (χ2n) is 3.78. The van der Waals surface area contributed by atoms with Crippen LogP contribution in [-0.2, 0) is 14.3 Å². The van der Waals surface area contributed by atoms with Crippen molar-refractivity contribution >= 4 is 17.7 Å². The van der Waals surface area contributed by atoms with Gasteiger partial charge in [-0.25, -0.2) is 4.79 Å². The lowest BCUT2D eigenvalue weighted by molar-refractivity contribution is -0.139. The lowest BCUT2D eigenvalue weighted by Crippen LogP contribution is -2.08. The number of benzene rings is 1. The summed E-state index contributed by atoms with van der Waals surface area (Å²) in [4.78, 5) is 11.3. The van der Waals surface area contributed by atoms with Crippen LogP contribution in [0, 0.1) is 0 Å². The molecule has 0 unspecified atom stereocenters. The molecule has 0 aromatic heterocycles. The third-order valence-corrected chi connectivity index (χ3v) is 2.17. The molecule has 0 aliphatic carbocycles. The minimum atomic E-state index is -0.369. The highest BCUT2D eigenvalue weighted by Gasteiger charge is 1.96. The molecule has 1 aromatic carbocycles. The lowest BCUT2D eigenvalue weighted by Gasteiger charge is -2.02. The van der Waals surface area contributed by atoms with Gasteiger partial charge in [0.2, 0.25) is 0 Å². The molecule has 0 bridgehead atoms. The zero-order valence-corrected chi connectivity index (χ0v) is 10.6. The molecule has 0 saturated carbocycles. The van der Waals surface area contributed by atoms with Gasteiger partial charge in [0, 0.05) is 18.4 Å². The van der Waals surface area contributed by atoms with Crippen LogP contribution in [-0.4, -0.2) is 25.8 Å². The molecule has 0 heterocycles. The van der Waals surface area contributed by atoms with Crippen molar-refractivity contribution in [3.63, 3.8) is 0 Å². The van der Waals surface area contributed by atoms with Crippen molar-refractivity contribution in [2.24, 2.45) is 0 Å². The fraction of sp³-hybridized carbons (Fsp3) is 0.357. The van der Waals surface area contributed by atoms with Crippen LogP contribution in [0.1, 0.15) is 18.9 Å². The van der Waals surface area contributed by atoms with E-state index in [1.165, 1.54) is 6.08 Å². The van der Waals surface area contributed by atoms with Crippen molar-refractivity contribution in [1.82, 2.24) is 0 Å². The summed E-state index contributed by atoms with van der Waals surface area (Å²) >= 11 is 0. The van der Waals surface area contributed by atoms with Gasteiger partial charge in [-0.1, -0.05) is 19.1 Å². The maximum absolute atomic E-state index is 11.3. The molecule has 1 aromatic rings. The molecule has 18 heavy (non-hydrogen) atoms. The Balaban J connectivity index is 2.25. The van der Waals surface area contributed by atoms with E-state index in [9.17, 15) is 4.79 Å². The highest BCUT2D eigenvalue weighted by Crippen LogP contribution is 2.06. The average Bonchev–Trinajstić information content (AvgIpc) is 2.38. The predicted octanol–water partition coefficient (Wildman–Crippen LogP) is 2.25. The van der Waals surface area contributed by atoms with E-state index in [-0.39, 0.29) is 12.6 Å². The minimum Gasteiger partial charge on any atom is -0.460 e. The second-order valence-corrected chi connectivity index (χ2v) is 3.78. The largest absolute Gasteiger partial charge is 0.460 e. The first-order valence-corrected chi connectivity index (χ1v) is 6.00. The molecule has 0 aliphatic rings. The summed E-state index contributed by atoms with van der Waals surface area (Å²) in [7, 11) is 0. The third-order valence-electron chi connectivity index (χ3n) is 2.17. The van der Waals surface area contributed by atoms with Crippen LogP contribution in [0.15, 0.2) is 30.3 Å². The Morgan fingerprint density at radius 1 is 1.22 bits per heavy atom. The fourth-order valence-electron chi connectivity index (χ4n) is 1.27. The van der Waals surface area contributed by atoms with Gasteiger partial charge in [-0.3, -0.25) is 0 Å². The van der Waals surface area contributed by atoms with Gasteiger partial charge in [-0.15, -0.1) is 0 Å². The smallest absolute Gasteiger partial charge is 0.330 e.